The van der Waals surface area contributed by atoms with Crippen LogP contribution in [-0.4, -0.2) is 24.8 Å². The predicted molar refractivity (Wildman–Crippen MR) is 103 cm³/mol. The van der Waals surface area contributed by atoms with Gasteiger partial charge < -0.3 is 9.47 Å². The molecule has 0 radical (unpaired) electrons. The van der Waals surface area contributed by atoms with Crippen LogP contribution in [0.4, 0.5) is 0 Å². The number of allylic oxidation sites excluding steroid dienone is 3. The zero-order valence-electron chi connectivity index (χ0n) is 14.5. The molecule has 0 aromatic heterocycles. The van der Waals surface area contributed by atoms with Gasteiger partial charge in [-0.3, -0.25) is 4.79 Å². The molecule has 1 aliphatic rings. The van der Waals surface area contributed by atoms with Crippen LogP contribution in [0.1, 0.15) is 22.8 Å². The number of benzene rings is 2. The standard InChI is InChI=1S/C21H20N2O3/c1-16(7-5-6-10-17-8-3-2-4-9-17)22-23-21(24)18-11-12-19-20(15-18)26-14-13-25-19/h2-12,15H,13-14H2,1H3,(H,23,24)/b7-5+,10-6+,22-16+. The van der Waals surface area contributed by atoms with Gasteiger partial charge in [-0.25, -0.2) is 5.43 Å². The molecule has 2 aromatic rings. The van der Waals surface area contributed by atoms with Crippen molar-refractivity contribution in [1.82, 2.24) is 5.43 Å². The number of hydrazone groups is 1. The molecule has 2 aromatic carbocycles. The summed E-state index contributed by atoms with van der Waals surface area (Å²) in [5.41, 5.74) is 4.82. The van der Waals surface area contributed by atoms with E-state index in [0.717, 1.165) is 5.56 Å². The van der Waals surface area contributed by atoms with Gasteiger partial charge in [0.15, 0.2) is 11.5 Å². The Kier molecular flexibility index (Phi) is 5.83. The van der Waals surface area contributed by atoms with Gasteiger partial charge in [-0.2, -0.15) is 5.10 Å². The van der Waals surface area contributed by atoms with E-state index in [0.29, 0.717) is 36.0 Å². The maximum atomic E-state index is 12.2. The number of nitrogens with one attached hydrogen (secondary N) is 1. The SMILES string of the molecule is CC(/C=C/C=C/c1ccccc1)=N\NC(=O)c1ccc2c(c1)OCCO2. The van der Waals surface area contributed by atoms with E-state index in [2.05, 4.69) is 10.5 Å². The minimum Gasteiger partial charge on any atom is -0.486 e. The van der Waals surface area contributed by atoms with Crippen LogP contribution in [0.15, 0.2) is 71.9 Å². The molecule has 1 aliphatic heterocycles. The Morgan fingerprint density at radius 2 is 1.81 bits per heavy atom. The Morgan fingerprint density at radius 3 is 2.62 bits per heavy atom. The van der Waals surface area contributed by atoms with Crippen LogP contribution in [0.2, 0.25) is 0 Å². The molecular formula is C21H20N2O3. The summed E-state index contributed by atoms with van der Waals surface area (Å²) in [4.78, 5) is 12.2. The molecule has 5 nitrogen and oxygen atoms in total. The Hall–Kier alpha value is -3.34. The van der Waals surface area contributed by atoms with Crippen molar-refractivity contribution in [2.24, 2.45) is 5.10 Å². The lowest BCUT2D eigenvalue weighted by atomic mass is 10.2. The third-order valence-electron chi connectivity index (χ3n) is 3.67. The molecule has 1 heterocycles. The van der Waals surface area contributed by atoms with Crippen LogP contribution < -0.4 is 14.9 Å². The Bertz CT molecular complexity index is 855. The Balaban J connectivity index is 1.55. The second-order valence-corrected chi connectivity index (χ2v) is 5.68. The van der Waals surface area contributed by atoms with Crippen molar-refractivity contribution in [3.05, 3.63) is 77.9 Å². The van der Waals surface area contributed by atoms with Crippen molar-refractivity contribution in [3.8, 4) is 11.5 Å². The third-order valence-corrected chi connectivity index (χ3v) is 3.67. The van der Waals surface area contributed by atoms with E-state index >= 15 is 0 Å². The third kappa shape index (κ3) is 4.83. The minimum absolute atomic E-state index is 0.297. The van der Waals surface area contributed by atoms with E-state index in [4.69, 9.17) is 9.47 Å². The quantitative estimate of drug-likeness (QED) is 0.507. The molecule has 0 saturated carbocycles. The van der Waals surface area contributed by atoms with Gasteiger partial charge in [0.1, 0.15) is 13.2 Å². The predicted octanol–water partition coefficient (Wildman–Crippen LogP) is 3.83. The first-order chi connectivity index (χ1) is 12.7. The highest BCUT2D eigenvalue weighted by molar-refractivity contribution is 5.98. The number of hydrogen-bond donors (Lipinski definition) is 1. The fourth-order valence-electron chi connectivity index (χ4n) is 2.35. The molecule has 0 atom stereocenters. The summed E-state index contributed by atoms with van der Waals surface area (Å²) >= 11 is 0. The van der Waals surface area contributed by atoms with Crippen molar-refractivity contribution in [2.75, 3.05) is 13.2 Å². The number of carbonyl (C=O) groups is 1. The van der Waals surface area contributed by atoms with Crippen LogP contribution in [0.5, 0.6) is 11.5 Å². The largest absolute Gasteiger partial charge is 0.486 e. The molecule has 0 spiro atoms. The van der Waals surface area contributed by atoms with Gasteiger partial charge in [-0.05, 0) is 36.8 Å². The second-order valence-electron chi connectivity index (χ2n) is 5.68. The van der Waals surface area contributed by atoms with E-state index < -0.39 is 0 Å². The number of amides is 1. The highest BCUT2D eigenvalue weighted by Crippen LogP contribution is 2.30. The van der Waals surface area contributed by atoms with Gasteiger partial charge in [0, 0.05) is 5.56 Å². The minimum atomic E-state index is -0.297. The smallest absolute Gasteiger partial charge is 0.271 e. The van der Waals surface area contributed by atoms with E-state index in [1.165, 1.54) is 0 Å². The fourth-order valence-corrected chi connectivity index (χ4v) is 2.35. The summed E-state index contributed by atoms with van der Waals surface area (Å²) in [7, 11) is 0. The van der Waals surface area contributed by atoms with E-state index in [9.17, 15) is 4.79 Å². The summed E-state index contributed by atoms with van der Waals surface area (Å²) in [5, 5.41) is 4.08. The van der Waals surface area contributed by atoms with E-state index in [-0.39, 0.29) is 5.91 Å². The van der Waals surface area contributed by atoms with Gasteiger partial charge in [-0.15, -0.1) is 0 Å². The van der Waals surface area contributed by atoms with Gasteiger partial charge in [-0.1, -0.05) is 48.6 Å². The Morgan fingerprint density at radius 1 is 1.04 bits per heavy atom. The van der Waals surface area contributed by atoms with Gasteiger partial charge in [0.25, 0.3) is 5.91 Å². The van der Waals surface area contributed by atoms with Gasteiger partial charge in [0.2, 0.25) is 0 Å². The van der Waals surface area contributed by atoms with Gasteiger partial charge in [0.05, 0.1) is 5.71 Å². The van der Waals surface area contributed by atoms with E-state index in [1.54, 1.807) is 18.2 Å². The summed E-state index contributed by atoms with van der Waals surface area (Å²) in [6.45, 7) is 2.82. The first-order valence-electron chi connectivity index (χ1n) is 8.36. The molecular weight excluding hydrogens is 328 g/mol. The van der Waals surface area contributed by atoms with Crippen molar-refractivity contribution in [1.29, 1.82) is 0 Å². The van der Waals surface area contributed by atoms with Crippen LogP contribution in [0.3, 0.4) is 0 Å². The van der Waals surface area contributed by atoms with Crippen molar-refractivity contribution >= 4 is 17.7 Å². The highest BCUT2D eigenvalue weighted by Gasteiger charge is 2.14. The van der Waals surface area contributed by atoms with Crippen LogP contribution in [0, 0.1) is 0 Å². The fraction of sp³-hybridized carbons (Fsp3) is 0.143. The lowest BCUT2D eigenvalue weighted by Gasteiger charge is -2.18. The molecule has 0 bridgehead atoms. The topological polar surface area (TPSA) is 59.9 Å². The van der Waals surface area contributed by atoms with Crippen LogP contribution in [-0.2, 0) is 0 Å². The summed E-state index contributed by atoms with van der Waals surface area (Å²) < 4.78 is 10.9. The molecule has 1 amide bonds. The number of hydrogen-bond acceptors (Lipinski definition) is 4. The number of rotatable bonds is 5. The lowest BCUT2D eigenvalue weighted by Crippen LogP contribution is -2.20. The van der Waals surface area contributed by atoms with E-state index in [1.807, 2.05) is 61.6 Å². The molecule has 0 saturated heterocycles. The monoisotopic (exact) mass is 348 g/mol. The second kappa shape index (κ2) is 8.67. The van der Waals surface area contributed by atoms with Crippen LogP contribution >= 0.6 is 0 Å². The number of fused-ring (bicyclic) bond motifs is 1. The lowest BCUT2D eigenvalue weighted by molar-refractivity contribution is 0.0953. The first-order valence-corrected chi connectivity index (χ1v) is 8.36. The average molecular weight is 348 g/mol. The number of ether oxygens (including phenoxy) is 2. The van der Waals surface area contributed by atoms with Crippen molar-refractivity contribution in [2.45, 2.75) is 6.92 Å². The summed E-state index contributed by atoms with van der Waals surface area (Å²) in [5.74, 6) is 0.936. The zero-order valence-corrected chi connectivity index (χ0v) is 14.5. The molecule has 5 heteroatoms. The number of carbonyl (C=O) groups excluding carboxylic acids is 1. The Labute approximate surface area is 152 Å². The maximum absolute atomic E-state index is 12.2. The maximum Gasteiger partial charge on any atom is 0.271 e. The normalized spacial score (nSPS) is 14.0. The summed E-state index contributed by atoms with van der Waals surface area (Å²) in [6, 6.07) is 15.1. The van der Waals surface area contributed by atoms with Crippen LogP contribution in [0.25, 0.3) is 6.08 Å². The zero-order chi connectivity index (χ0) is 18.2. The van der Waals surface area contributed by atoms with Crippen molar-refractivity contribution < 1.29 is 14.3 Å². The molecule has 26 heavy (non-hydrogen) atoms. The first kappa shape index (κ1) is 17.5. The molecule has 0 aliphatic carbocycles. The molecule has 0 unspecified atom stereocenters. The average Bonchev–Trinajstić information content (AvgIpc) is 2.70. The molecule has 1 N–H and O–H groups in total. The number of nitrogens with zero attached hydrogens (tertiary/aromatic N) is 1. The van der Waals surface area contributed by atoms with Gasteiger partial charge >= 0.3 is 0 Å². The molecule has 132 valence electrons. The summed E-state index contributed by atoms with van der Waals surface area (Å²) in [6.07, 6.45) is 7.63. The highest BCUT2D eigenvalue weighted by atomic mass is 16.6. The molecule has 0 fully saturated rings. The van der Waals surface area contributed by atoms with Crippen molar-refractivity contribution in [3.63, 3.8) is 0 Å². The molecule has 3 rings (SSSR count).